The maximum Gasteiger partial charge on any atom is 0.341 e. The highest BCUT2D eigenvalue weighted by atomic mass is 35.5. The van der Waals surface area contributed by atoms with Gasteiger partial charge in [0.1, 0.15) is 23.7 Å². The molecule has 0 saturated carbocycles. The fraction of sp³-hybridized carbons (Fsp3) is 0.235. The smallest absolute Gasteiger partial charge is 0.341 e. The summed E-state index contributed by atoms with van der Waals surface area (Å²) in [4.78, 5) is 11.5. The number of carbonyl (C=O) groups excluding carboxylic acids is 1. The highest BCUT2D eigenvalue weighted by Gasteiger charge is 2.21. The van der Waals surface area contributed by atoms with E-state index in [1.165, 1.54) is 30.3 Å². The van der Waals surface area contributed by atoms with Gasteiger partial charge in [0.05, 0.1) is 16.9 Å². The standard InChI is InChI=1S/C17H19NO6S.ClH/c1-11(18)10-24-12-3-5-13(6-4-12)25(21,22)14-7-8-16(19)15(9-14)17(20)23-2;/h3-9,11,19H,10,18H2,1-2H3;1H/t11-;/m1./s1. The third-order valence-corrected chi connectivity index (χ3v) is 5.10. The van der Waals surface area contributed by atoms with Crippen molar-refractivity contribution >= 4 is 28.2 Å². The van der Waals surface area contributed by atoms with E-state index in [4.69, 9.17) is 10.5 Å². The molecule has 0 radical (unpaired) electrons. The topological polar surface area (TPSA) is 116 Å². The Balaban J connectivity index is 0.00000338. The highest BCUT2D eigenvalue weighted by molar-refractivity contribution is 7.91. The lowest BCUT2D eigenvalue weighted by Gasteiger charge is -2.10. The van der Waals surface area contributed by atoms with Crippen LogP contribution in [0.2, 0.25) is 0 Å². The molecule has 0 bridgehead atoms. The summed E-state index contributed by atoms with van der Waals surface area (Å²) in [7, 11) is -2.72. The van der Waals surface area contributed by atoms with Crippen LogP contribution in [0.1, 0.15) is 17.3 Å². The Morgan fingerprint density at radius 3 is 2.27 bits per heavy atom. The van der Waals surface area contributed by atoms with Gasteiger partial charge in [-0.3, -0.25) is 0 Å². The Hall–Kier alpha value is -2.29. The first kappa shape index (κ1) is 21.8. The number of ether oxygens (including phenoxy) is 2. The Kier molecular flexibility index (Phi) is 7.43. The summed E-state index contributed by atoms with van der Waals surface area (Å²) in [6.45, 7) is 2.11. The van der Waals surface area contributed by atoms with E-state index in [9.17, 15) is 18.3 Å². The average molecular weight is 402 g/mol. The van der Waals surface area contributed by atoms with E-state index in [-0.39, 0.29) is 39.6 Å². The van der Waals surface area contributed by atoms with Crippen LogP contribution >= 0.6 is 12.4 Å². The average Bonchev–Trinajstić information content (AvgIpc) is 2.59. The highest BCUT2D eigenvalue weighted by Crippen LogP contribution is 2.27. The lowest BCUT2D eigenvalue weighted by Crippen LogP contribution is -2.23. The Bertz CT molecular complexity index is 865. The van der Waals surface area contributed by atoms with Crippen LogP contribution < -0.4 is 10.5 Å². The first-order valence-electron chi connectivity index (χ1n) is 7.40. The van der Waals surface area contributed by atoms with Crippen LogP contribution in [0.5, 0.6) is 11.5 Å². The molecule has 0 spiro atoms. The summed E-state index contributed by atoms with van der Waals surface area (Å²) in [5.74, 6) is -0.683. The van der Waals surface area contributed by atoms with Gasteiger partial charge in [-0.15, -0.1) is 12.4 Å². The minimum Gasteiger partial charge on any atom is -0.507 e. The molecular formula is C17H20ClNO6S. The number of methoxy groups -OCH3 is 1. The van der Waals surface area contributed by atoms with Crippen molar-refractivity contribution in [1.82, 2.24) is 0 Å². The number of hydrogen-bond acceptors (Lipinski definition) is 7. The molecule has 9 heteroatoms. The monoisotopic (exact) mass is 401 g/mol. The molecule has 0 amide bonds. The number of benzene rings is 2. The van der Waals surface area contributed by atoms with Crippen LogP contribution in [-0.4, -0.2) is 39.3 Å². The van der Waals surface area contributed by atoms with E-state index in [1.807, 2.05) is 0 Å². The number of aromatic hydroxyl groups is 1. The Morgan fingerprint density at radius 2 is 1.73 bits per heavy atom. The lowest BCUT2D eigenvalue weighted by molar-refractivity contribution is 0.0597. The second-order valence-electron chi connectivity index (χ2n) is 5.43. The molecule has 2 rings (SSSR count). The fourth-order valence-electron chi connectivity index (χ4n) is 2.03. The normalized spacial score (nSPS) is 12.0. The molecule has 1 atom stereocenters. The molecule has 2 aromatic rings. The van der Waals surface area contributed by atoms with Crippen molar-refractivity contribution in [2.75, 3.05) is 13.7 Å². The molecule has 2 aromatic carbocycles. The van der Waals surface area contributed by atoms with E-state index in [2.05, 4.69) is 4.74 Å². The van der Waals surface area contributed by atoms with Gasteiger partial charge in [0.15, 0.2) is 0 Å². The molecule has 0 aliphatic heterocycles. The van der Waals surface area contributed by atoms with E-state index in [0.29, 0.717) is 12.4 Å². The molecule has 0 unspecified atom stereocenters. The van der Waals surface area contributed by atoms with Gasteiger partial charge in [-0.1, -0.05) is 0 Å². The van der Waals surface area contributed by atoms with Gasteiger partial charge in [-0.05, 0) is 49.4 Å². The third kappa shape index (κ3) is 4.87. The van der Waals surface area contributed by atoms with Crippen molar-refractivity contribution < 1.29 is 27.8 Å². The number of rotatable bonds is 6. The summed E-state index contributed by atoms with van der Waals surface area (Å²) >= 11 is 0. The molecule has 0 aliphatic rings. The quantitative estimate of drug-likeness (QED) is 0.712. The van der Waals surface area contributed by atoms with Crippen molar-refractivity contribution in [3.63, 3.8) is 0 Å². The van der Waals surface area contributed by atoms with Gasteiger partial charge < -0.3 is 20.3 Å². The second kappa shape index (κ2) is 8.88. The molecule has 7 nitrogen and oxygen atoms in total. The minimum absolute atomic E-state index is 0. The van der Waals surface area contributed by atoms with Crippen LogP contribution in [0, 0.1) is 0 Å². The first-order chi connectivity index (χ1) is 11.8. The number of carbonyl (C=O) groups is 1. The van der Waals surface area contributed by atoms with Crippen LogP contribution in [-0.2, 0) is 14.6 Å². The van der Waals surface area contributed by atoms with Crippen molar-refractivity contribution in [1.29, 1.82) is 0 Å². The summed E-state index contributed by atoms with van der Waals surface area (Å²) in [5.41, 5.74) is 5.38. The Labute approximate surface area is 158 Å². The van der Waals surface area contributed by atoms with Crippen molar-refractivity contribution in [3.8, 4) is 11.5 Å². The molecule has 26 heavy (non-hydrogen) atoms. The molecule has 3 N–H and O–H groups in total. The number of phenols is 1. The van der Waals surface area contributed by atoms with Gasteiger partial charge in [0.2, 0.25) is 9.84 Å². The number of halogens is 1. The largest absolute Gasteiger partial charge is 0.507 e. The minimum atomic E-state index is -3.87. The molecule has 0 fully saturated rings. The maximum atomic E-state index is 12.7. The molecular weight excluding hydrogens is 382 g/mol. The molecule has 142 valence electrons. The maximum absolute atomic E-state index is 12.7. The Morgan fingerprint density at radius 1 is 1.15 bits per heavy atom. The summed E-state index contributed by atoms with van der Waals surface area (Å²) in [6.07, 6.45) is 0. The van der Waals surface area contributed by atoms with Gasteiger partial charge in [0, 0.05) is 6.04 Å². The zero-order valence-corrected chi connectivity index (χ0v) is 15.8. The van der Waals surface area contributed by atoms with Crippen LogP contribution in [0.4, 0.5) is 0 Å². The fourth-order valence-corrected chi connectivity index (χ4v) is 3.32. The number of phenolic OH excluding ortho intramolecular Hbond substituents is 1. The summed E-state index contributed by atoms with van der Waals surface area (Å²) in [5, 5.41) is 9.69. The lowest BCUT2D eigenvalue weighted by atomic mass is 10.2. The predicted molar refractivity (Wildman–Crippen MR) is 97.7 cm³/mol. The zero-order valence-electron chi connectivity index (χ0n) is 14.2. The molecule has 0 saturated heterocycles. The van der Waals surface area contributed by atoms with Crippen molar-refractivity contribution in [2.24, 2.45) is 5.73 Å². The molecule has 0 aromatic heterocycles. The van der Waals surface area contributed by atoms with Crippen LogP contribution in [0.25, 0.3) is 0 Å². The van der Waals surface area contributed by atoms with Gasteiger partial charge >= 0.3 is 5.97 Å². The summed E-state index contributed by atoms with van der Waals surface area (Å²) in [6, 6.07) is 9.14. The van der Waals surface area contributed by atoms with E-state index in [0.717, 1.165) is 19.2 Å². The predicted octanol–water partition coefficient (Wildman–Crippen LogP) is 2.16. The van der Waals surface area contributed by atoms with E-state index >= 15 is 0 Å². The number of sulfone groups is 1. The zero-order chi connectivity index (χ0) is 18.6. The third-order valence-electron chi connectivity index (χ3n) is 3.33. The number of esters is 1. The SMILES string of the molecule is COC(=O)c1cc(S(=O)(=O)c2ccc(OC[C@@H](C)N)cc2)ccc1O.Cl. The first-order valence-corrected chi connectivity index (χ1v) is 8.89. The molecule has 0 aliphatic carbocycles. The number of hydrogen-bond donors (Lipinski definition) is 2. The van der Waals surface area contributed by atoms with Gasteiger partial charge in [0.25, 0.3) is 0 Å². The van der Waals surface area contributed by atoms with Crippen LogP contribution in [0.3, 0.4) is 0 Å². The number of nitrogens with two attached hydrogens (primary N) is 1. The van der Waals surface area contributed by atoms with Crippen LogP contribution in [0.15, 0.2) is 52.3 Å². The van der Waals surface area contributed by atoms with Crippen molar-refractivity contribution in [3.05, 3.63) is 48.0 Å². The van der Waals surface area contributed by atoms with Gasteiger partial charge in [-0.25, -0.2) is 13.2 Å². The second-order valence-corrected chi connectivity index (χ2v) is 7.38. The summed E-state index contributed by atoms with van der Waals surface area (Å²) < 4.78 is 35.3. The van der Waals surface area contributed by atoms with E-state index < -0.39 is 15.8 Å². The van der Waals surface area contributed by atoms with Crippen molar-refractivity contribution in [2.45, 2.75) is 22.8 Å². The van der Waals surface area contributed by atoms with Gasteiger partial charge in [-0.2, -0.15) is 0 Å². The molecule has 0 heterocycles. The van der Waals surface area contributed by atoms with E-state index in [1.54, 1.807) is 6.92 Å².